The number of unbranched alkanes of at least 4 members (excludes halogenated alkanes) is 1. The van der Waals surface area contributed by atoms with Crippen molar-refractivity contribution in [2.45, 2.75) is 57.7 Å². The molecule has 2 atom stereocenters. The van der Waals surface area contributed by atoms with Crippen molar-refractivity contribution >= 4 is 5.97 Å². The molecule has 0 amide bonds. The van der Waals surface area contributed by atoms with Crippen LogP contribution in [0.3, 0.4) is 0 Å². The number of aryl methyl sites for hydroxylation is 1. The highest BCUT2D eigenvalue weighted by molar-refractivity contribution is 5.69. The normalized spacial score (nSPS) is 13.7. The van der Waals surface area contributed by atoms with E-state index in [2.05, 4.69) is 12.1 Å². The van der Waals surface area contributed by atoms with Gasteiger partial charge in [0.25, 0.3) is 0 Å². The summed E-state index contributed by atoms with van der Waals surface area (Å²) in [7, 11) is 0. The van der Waals surface area contributed by atoms with Gasteiger partial charge >= 0.3 is 5.97 Å². The first kappa shape index (κ1) is 17.7. The van der Waals surface area contributed by atoms with Crippen LogP contribution < -0.4 is 0 Å². The summed E-state index contributed by atoms with van der Waals surface area (Å²) in [5.74, 6) is -0.415. The number of hydrogen-bond acceptors (Lipinski definition) is 4. The molecule has 0 aromatic heterocycles. The van der Waals surface area contributed by atoms with Crippen LogP contribution in [0.4, 0.5) is 0 Å². The maximum atomic E-state index is 11.2. The van der Waals surface area contributed by atoms with Gasteiger partial charge in [-0.2, -0.15) is 0 Å². The van der Waals surface area contributed by atoms with Crippen LogP contribution in [0, 0.1) is 0 Å². The molecule has 0 unspecified atom stereocenters. The maximum Gasteiger partial charge on any atom is 0.308 e. The largest absolute Gasteiger partial charge is 0.466 e. The summed E-state index contributed by atoms with van der Waals surface area (Å²) in [6.07, 6.45) is 2.35. The minimum Gasteiger partial charge on any atom is -0.466 e. The molecule has 0 saturated carbocycles. The van der Waals surface area contributed by atoms with Gasteiger partial charge in [0.15, 0.2) is 0 Å². The molecule has 1 aromatic rings. The molecule has 2 N–H and O–H groups in total. The van der Waals surface area contributed by atoms with Crippen molar-refractivity contribution in [2.24, 2.45) is 0 Å². The van der Waals surface area contributed by atoms with Crippen LogP contribution >= 0.6 is 0 Å². The zero-order chi connectivity index (χ0) is 15.5. The molecular weight excluding hydrogens is 268 g/mol. The quantitative estimate of drug-likeness (QED) is 0.514. The average molecular weight is 294 g/mol. The van der Waals surface area contributed by atoms with E-state index in [1.54, 1.807) is 6.92 Å². The summed E-state index contributed by atoms with van der Waals surface area (Å²) in [5, 5.41) is 19.5. The van der Waals surface area contributed by atoms with Crippen LogP contribution in [0.5, 0.6) is 0 Å². The molecule has 0 aliphatic heterocycles. The first-order valence-electron chi connectivity index (χ1n) is 7.67. The lowest BCUT2D eigenvalue weighted by molar-refractivity contribution is -0.145. The Bertz CT molecular complexity index is 391. The predicted molar refractivity (Wildman–Crippen MR) is 81.9 cm³/mol. The van der Waals surface area contributed by atoms with Gasteiger partial charge in [0.2, 0.25) is 0 Å². The number of ether oxygens (including phenoxy) is 1. The van der Waals surface area contributed by atoms with Crippen molar-refractivity contribution in [1.82, 2.24) is 0 Å². The van der Waals surface area contributed by atoms with Gasteiger partial charge in [-0.3, -0.25) is 4.79 Å². The van der Waals surface area contributed by atoms with Crippen LogP contribution in [-0.2, 0) is 16.0 Å². The summed E-state index contributed by atoms with van der Waals surface area (Å²) in [6, 6.07) is 10.2. The van der Waals surface area contributed by atoms with Crippen molar-refractivity contribution < 1.29 is 19.7 Å². The Labute approximate surface area is 126 Å². The van der Waals surface area contributed by atoms with E-state index in [1.165, 1.54) is 5.56 Å². The van der Waals surface area contributed by atoms with E-state index >= 15 is 0 Å². The van der Waals surface area contributed by atoms with Gasteiger partial charge in [0, 0.05) is 0 Å². The predicted octanol–water partition coefficient (Wildman–Crippen LogP) is 2.46. The maximum absolute atomic E-state index is 11.2. The number of hydrogen-bond donors (Lipinski definition) is 2. The van der Waals surface area contributed by atoms with E-state index in [4.69, 9.17) is 4.74 Å². The number of benzene rings is 1. The highest BCUT2D eigenvalue weighted by atomic mass is 16.5. The Morgan fingerprint density at radius 3 is 2.52 bits per heavy atom. The fourth-order valence-corrected chi connectivity index (χ4v) is 2.28. The molecule has 1 rings (SSSR count). The third-order valence-corrected chi connectivity index (χ3v) is 3.35. The highest BCUT2D eigenvalue weighted by Gasteiger charge is 2.16. The lowest BCUT2D eigenvalue weighted by Gasteiger charge is -2.15. The van der Waals surface area contributed by atoms with Gasteiger partial charge in [-0.1, -0.05) is 36.8 Å². The van der Waals surface area contributed by atoms with Crippen LogP contribution in [0.15, 0.2) is 30.3 Å². The lowest BCUT2D eigenvalue weighted by Crippen LogP contribution is -2.21. The first-order chi connectivity index (χ1) is 10.1. The lowest BCUT2D eigenvalue weighted by atomic mass is 10.0. The van der Waals surface area contributed by atoms with Crippen molar-refractivity contribution in [3.63, 3.8) is 0 Å². The van der Waals surface area contributed by atoms with Crippen LogP contribution in [-0.4, -0.2) is 35.0 Å². The number of rotatable bonds is 10. The molecule has 0 radical (unpaired) electrons. The molecule has 118 valence electrons. The Hall–Kier alpha value is -1.39. The second-order valence-corrected chi connectivity index (χ2v) is 5.28. The fourth-order valence-electron chi connectivity index (χ4n) is 2.28. The Kier molecular flexibility index (Phi) is 8.71. The Morgan fingerprint density at radius 2 is 1.86 bits per heavy atom. The zero-order valence-electron chi connectivity index (χ0n) is 12.7. The van der Waals surface area contributed by atoms with E-state index in [9.17, 15) is 15.0 Å². The van der Waals surface area contributed by atoms with E-state index < -0.39 is 18.2 Å². The van der Waals surface area contributed by atoms with Crippen LogP contribution in [0.2, 0.25) is 0 Å². The molecule has 0 aliphatic carbocycles. The third-order valence-electron chi connectivity index (χ3n) is 3.35. The number of aliphatic hydroxyl groups is 2. The van der Waals surface area contributed by atoms with Crippen molar-refractivity contribution in [1.29, 1.82) is 0 Å². The minimum absolute atomic E-state index is 0.0467. The van der Waals surface area contributed by atoms with Crippen molar-refractivity contribution in [3.05, 3.63) is 35.9 Å². The molecule has 0 spiro atoms. The molecule has 0 fully saturated rings. The topological polar surface area (TPSA) is 66.8 Å². The highest BCUT2D eigenvalue weighted by Crippen LogP contribution is 2.12. The molecule has 1 aromatic carbocycles. The smallest absolute Gasteiger partial charge is 0.308 e. The third kappa shape index (κ3) is 8.48. The van der Waals surface area contributed by atoms with Gasteiger partial charge in [-0.05, 0) is 38.2 Å². The van der Waals surface area contributed by atoms with E-state index in [0.29, 0.717) is 13.0 Å². The van der Waals surface area contributed by atoms with Gasteiger partial charge in [-0.25, -0.2) is 0 Å². The van der Waals surface area contributed by atoms with Gasteiger partial charge in [0.05, 0.1) is 25.2 Å². The first-order valence-corrected chi connectivity index (χ1v) is 7.67. The number of esters is 1. The summed E-state index contributed by atoms with van der Waals surface area (Å²) < 4.78 is 4.76. The summed E-state index contributed by atoms with van der Waals surface area (Å²) in [6.45, 7) is 2.04. The van der Waals surface area contributed by atoms with E-state index in [-0.39, 0.29) is 12.8 Å². The van der Waals surface area contributed by atoms with E-state index in [0.717, 1.165) is 19.3 Å². The molecule has 4 nitrogen and oxygen atoms in total. The molecular formula is C17H26O4. The average Bonchev–Trinajstić information content (AvgIpc) is 2.44. The molecule has 0 heterocycles. The Balaban J connectivity index is 2.10. The standard InChI is InChI=1S/C17H26O4/c1-2-21-17(20)13-16(19)12-15(18)11-7-6-10-14-8-4-3-5-9-14/h3-5,8-9,15-16,18-19H,2,6-7,10-13H2,1H3/t15-,16-/m1/s1. The van der Waals surface area contributed by atoms with Gasteiger partial charge < -0.3 is 14.9 Å². The van der Waals surface area contributed by atoms with Gasteiger partial charge in [-0.15, -0.1) is 0 Å². The Morgan fingerprint density at radius 1 is 1.14 bits per heavy atom. The van der Waals surface area contributed by atoms with E-state index in [1.807, 2.05) is 18.2 Å². The summed E-state index contributed by atoms with van der Waals surface area (Å²) in [4.78, 5) is 11.2. The molecule has 21 heavy (non-hydrogen) atoms. The second kappa shape index (κ2) is 10.4. The van der Waals surface area contributed by atoms with Crippen LogP contribution in [0.25, 0.3) is 0 Å². The second-order valence-electron chi connectivity index (χ2n) is 5.28. The fraction of sp³-hybridized carbons (Fsp3) is 0.588. The molecule has 0 aliphatic rings. The number of carbonyl (C=O) groups excluding carboxylic acids is 1. The van der Waals surface area contributed by atoms with Gasteiger partial charge in [0.1, 0.15) is 0 Å². The molecule has 0 bridgehead atoms. The monoisotopic (exact) mass is 294 g/mol. The summed E-state index contributed by atoms with van der Waals surface area (Å²) >= 11 is 0. The SMILES string of the molecule is CCOC(=O)C[C@H](O)C[C@H](O)CCCCc1ccccc1. The number of carbonyl (C=O) groups is 1. The molecule has 4 heteroatoms. The summed E-state index contributed by atoms with van der Waals surface area (Å²) in [5.41, 5.74) is 1.30. The van der Waals surface area contributed by atoms with Crippen molar-refractivity contribution in [2.75, 3.05) is 6.61 Å². The van der Waals surface area contributed by atoms with Crippen molar-refractivity contribution in [3.8, 4) is 0 Å². The molecule has 0 saturated heterocycles. The number of aliphatic hydroxyl groups excluding tert-OH is 2. The minimum atomic E-state index is -0.826. The van der Waals surface area contributed by atoms with Crippen LogP contribution in [0.1, 0.15) is 44.6 Å². The zero-order valence-corrected chi connectivity index (χ0v) is 12.7.